The van der Waals surface area contributed by atoms with Gasteiger partial charge in [0.1, 0.15) is 0 Å². The van der Waals surface area contributed by atoms with E-state index in [0.29, 0.717) is 5.69 Å². The molecule has 0 fully saturated rings. The number of esters is 1. The molecule has 0 radical (unpaired) electrons. The van der Waals surface area contributed by atoms with Crippen molar-refractivity contribution in [3.05, 3.63) is 24.3 Å². The van der Waals surface area contributed by atoms with Crippen LogP contribution in [0, 0.1) is 0 Å². The van der Waals surface area contributed by atoms with E-state index >= 15 is 0 Å². The summed E-state index contributed by atoms with van der Waals surface area (Å²) in [7, 11) is 0. The van der Waals surface area contributed by atoms with Crippen molar-refractivity contribution in [2.75, 3.05) is 0 Å². The molecule has 1 heterocycles. The Morgan fingerprint density at radius 1 is 1.62 bits per heavy atom. The number of hydrogen-bond donors (Lipinski definition) is 1. The molecule has 1 rings (SSSR count). The molecule has 1 atom stereocenters. The minimum atomic E-state index is -1.04. The lowest BCUT2D eigenvalue weighted by atomic mass is 10.4. The Kier molecular flexibility index (Phi) is 3.82. The first-order valence-electron chi connectivity index (χ1n) is 4.60. The van der Waals surface area contributed by atoms with E-state index in [-0.39, 0.29) is 5.97 Å². The van der Waals surface area contributed by atoms with Gasteiger partial charge in [-0.1, -0.05) is 0 Å². The van der Waals surface area contributed by atoms with Crippen LogP contribution >= 0.6 is 0 Å². The molecule has 1 unspecified atom stereocenters. The van der Waals surface area contributed by atoms with Crippen molar-refractivity contribution < 1.29 is 19.4 Å². The van der Waals surface area contributed by atoms with E-state index < -0.39 is 12.2 Å². The minimum absolute atomic E-state index is 0.385. The first kappa shape index (κ1) is 12.0. The van der Waals surface area contributed by atoms with Gasteiger partial charge < -0.3 is 14.4 Å². The van der Waals surface area contributed by atoms with Crippen LogP contribution in [-0.2, 0) is 14.3 Å². The van der Waals surface area contributed by atoms with E-state index in [1.807, 2.05) is 0 Å². The highest BCUT2D eigenvalue weighted by Gasteiger charge is 2.07. The third-order valence-electron chi connectivity index (χ3n) is 1.77. The van der Waals surface area contributed by atoms with Crippen LogP contribution in [0.3, 0.4) is 0 Å². The molecule has 0 spiro atoms. The number of imidazole rings is 1. The van der Waals surface area contributed by atoms with Crippen LogP contribution in [0.15, 0.2) is 18.6 Å². The minimum Gasteiger partial charge on any atom is -0.478 e. The lowest BCUT2D eigenvalue weighted by molar-refractivity contribution is -0.149. The Bertz CT molecular complexity index is 422. The van der Waals surface area contributed by atoms with E-state index in [1.54, 1.807) is 17.7 Å². The lowest BCUT2D eigenvalue weighted by Crippen LogP contribution is -2.10. The van der Waals surface area contributed by atoms with E-state index in [9.17, 15) is 9.59 Å². The Hall–Kier alpha value is -2.11. The van der Waals surface area contributed by atoms with E-state index in [2.05, 4.69) is 4.98 Å². The van der Waals surface area contributed by atoms with Gasteiger partial charge in [-0.2, -0.15) is 0 Å². The highest BCUT2D eigenvalue weighted by Crippen LogP contribution is 2.09. The van der Waals surface area contributed by atoms with E-state index in [0.717, 1.165) is 6.08 Å². The molecule has 0 aliphatic rings. The zero-order chi connectivity index (χ0) is 12.1. The van der Waals surface area contributed by atoms with E-state index in [4.69, 9.17) is 9.84 Å². The second kappa shape index (κ2) is 5.11. The van der Waals surface area contributed by atoms with Gasteiger partial charge in [-0.25, -0.2) is 9.78 Å². The molecule has 0 amide bonds. The second-order valence-corrected chi connectivity index (χ2v) is 3.13. The average Bonchev–Trinajstić information content (AvgIpc) is 2.61. The summed E-state index contributed by atoms with van der Waals surface area (Å²) in [4.78, 5) is 24.9. The van der Waals surface area contributed by atoms with Crippen LogP contribution in [0.25, 0.3) is 6.08 Å². The summed E-state index contributed by atoms with van der Waals surface area (Å²) >= 11 is 0. The first-order valence-corrected chi connectivity index (χ1v) is 4.60. The van der Waals surface area contributed by atoms with Gasteiger partial charge in [0.05, 0.1) is 12.0 Å². The number of carbonyl (C=O) groups is 2. The molecule has 16 heavy (non-hydrogen) atoms. The maximum Gasteiger partial charge on any atom is 0.328 e. The summed E-state index contributed by atoms with van der Waals surface area (Å²) in [5, 5.41) is 8.42. The predicted molar refractivity (Wildman–Crippen MR) is 55.4 cm³/mol. The van der Waals surface area contributed by atoms with Crippen molar-refractivity contribution in [1.29, 1.82) is 0 Å². The topological polar surface area (TPSA) is 81.4 Å². The van der Waals surface area contributed by atoms with E-state index in [1.165, 1.54) is 19.3 Å². The highest BCUT2D eigenvalue weighted by atomic mass is 16.6. The van der Waals surface area contributed by atoms with Gasteiger partial charge in [-0.3, -0.25) is 4.79 Å². The molecule has 0 aliphatic heterocycles. The number of rotatable bonds is 4. The fourth-order valence-corrected chi connectivity index (χ4v) is 1.10. The van der Waals surface area contributed by atoms with Crippen molar-refractivity contribution in [2.24, 2.45) is 0 Å². The summed E-state index contributed by atoms with van der Waals surface area (Å²) in [6.45, 7) is 3.01. The number of carboxylic acid groups (broad SMARTS) is 1. The summed E-state index contributed by atoms with van der Waals surface area (Å²) < 4.78 is 6.49. The molecule has 0 aliphatic carbocycles. The van der Waals surface area contributed by atoms with Gasteiger partial charge >= 0.3 is 11.9 Å². The van der Waals surface area contributed by atoms with Crippen LogP contribution in [0.5, 0.6) is 0 Å². The maximum absolute atomic E-state index is 10.7. The van der Waals surface area contributed by atoms with Gasteiger partial charge in [0.2, 0.25) is 0 Å². The summed E-state index contributed by atoms with van der Waals surface area (Å²) in [6.07, 6.45) is 4.95. The van der Waals surface area contributed by atoms with Gasteiger partial charge in [0, 0.05) is 19.2 Å². The van der Waals surface area contributed by atoms with Crippen molar-refractivity contribution in [1.82, 2.24) is 9.55 Å². The molecule has 1 aromatic rings. The molecule has 0 aromatic carbocycles. The standard InChI is InChI=1S/C10H12N2O4/c1-7(16-8(2)13)12-5-9(11-6-12)3-4-10(14)15/h3-7H,1-2H3,(H,14,15)/b4-3+. The fraction of sp³-hybridized carbons (Fsp3) is 0.300. The van der Waals surface area contributed by atoms with Crippen molar-refractivity contribution >= 4 is 18.0 Å². The normalized spacial score (nSPS) is 12.6. The number of ether oxygens (including phenoxy) is 1. The van der Waals surface area contributed by atoms with Crippen LogP contribution in [0.2, 0.25) is 0 Å². The monoisotopic (exact) mass is 224 g/mol. The molecule has 6 nitrogen and oxygen atoms in total. The van der Waals surface area contributed by atoms with Gasteiger partial charge in [-0.05, 0) is 13.0 Å². The average molecular weight is 224 g/mol. The van der Waals surface area contributed by atoms with Gasteiger partial charge in [0.15, 0.2) is 6.23 Å². The zero-order valence-electron chi connectivity index (χ0n) is 8.95. The van der Waals surface area contributed by atoms with Crippen LogP contribution in [0.4, 0.5) is 0 Å². The zero-order valence-corrected chi connectivity index (χ0v) is 8.95. The molecule has 86 valence electrons. The summed E-state index contributed by atoms with van der Waals surface area (Å²) in [5.74, 6) is -1.42. The number of carbonyl (C=O) groups excluding carboxylic acids is 1. The van der Waals surface area contributed by atoms with Crippen LogP contribution in [0.1, 0.15) is 25.8 Å². The largest absolute Gasteiger partial charge is 0.478 e. The number of carboxylic acids is 1. The van der Waals surface area contributed by atoms with Crippen molar-refractivity contribution in [3.63, 3.8) is 0 Å². The molecule has 0 saturated carbocycles. The Morgan fingerprint density at radius 2 is 2.31 bits per heavy atom. The Morgan fingerprint density at radius 3 is 2.88 bits per heavy atom. The Balaban J connectivity index is 2.71. The smallest absolute Gasteiger partial charge is 0.328 e. The number of aliphatic carboxylic acids is 1. The van der Waals surface area contributed by atoms with Crippen molar-refractivity contribution in [2.45, 2.75) is 20.1 Å². The molecule has 6 heteroatoms. The Labute approximate surface area is 92.2 Å². The third kappa shape index (κ3) is 3.56. The third-order valence-corrected chi connectivity index (χ3v) is 1.77. The summed E-state index contributed by atoms with van der Waals surface area (Å²) in [6, 6.07) is 0. The fourth-order valence-electron chi connectivity index (χ4n) is 1.10. The summed E-state index contributed by atoms with van der Waals surface area (Å²) in [5.41, 5.74) is 0.487. The highest BCUT2D eigenvalue weighted by molar-refractivity contribution is 5.84. The second-order valence-electron chi connectivity index (χ2n) is 3.13. The molecule has 0 bridgehead atoms. The number of aromatic nitrogens is 2. The molecule has 1 aromatic heterocycles. The number of nitrogens with zero attached hydrogens (tertiary/aromatic N) is 2. The van der Waals surface area contributed by atoms with Crippen LogP contribution in [-0.4, -0.2) is 26.6 Å². The molecule has 1 N–H and O–H groups in total. The lowest BCUT2D eigenvalue weighted by Gasteiger charge is -2.11. The maximum atomic E-state index is 10.7. The predicted octanol–water partition coefficient (Wildman–Crippen LogP) is 1.06. The van der Waals surface area contributed by atoms with Crippen molar-refractivity contribution in [3.8, 4) is 0 Å². The van der Waals surface area contributed by atoms with Gasteiger partial charge in [-0.15, -0.1) is 0 Å². The van der Waals surface area contributed by atoms with Crippen LogP contribution < -0.4 is 0 Å². The first-order chi connectivity index (χ1) is 7.49. The molecular formula is C10H12N2O4. The quantitative estimate of drug-likeness (QED) is 0.611. The SMILES string of the molecule is CC(=O)OC(C)n1cnc(/C=C/C(=O)O)c1. The number of hydrogen-bond acceptors (Lipinski definition) is 4. The van der Waals surface area contributed by atoms with Gasteiger partial charge in [0.25, 0.3) is 0 Å². The molecule has 0 saturated heterocycles. The molecular weight excluding hydrogens is 212 g/mol.